The maximum absolute atomic E-state index is 5.06. The van der Waals surface area contributed by atoms with Crippen molar-refractivity contribution in [1.82, 2.24) is 15.1 Å². The van der Waals surface area contributed by atoms with E-state index in [-0.39, 0.29) is 24.0 Å². The number of nitrogens with zero attached hydrogens (tertiary/aromatic N) is 3. The van der Waals surface area contributed by atoms with Crippen LogP contribution in [0, 0.1) is 0 Å². The fraction of sp³-hybridized carbons (Fsp3) is 0.562. The summed E-state index contributed by atoms with van der Waals surface area (Å²) in [5.74, 6) is 0.978. The van der Waals surface area contributed by atoms with Gasteiger partial charge < -0.3 is 15.0 Å². The summed E-state index contributed by atoms with van der Waals surface area (Å²) in [7, 11) is 3.55. The van der Waals surface area contributed by atoms with Crippen molar-refractivity contribution in [1.29, 1.82) is 0 Å². The molecule has 1 saturated heterocycles. The Hall–Kier alpha value is -0.860. The van der Waals surface area contributed by atoms with E-state index in [4.69, 9.17) is 4.74 Å². The fourth-order valence-electron chi connectivity index (χ4n) is 2.56. The van der Waals surface area contributed by atoms with Gasteiger partial charge >= 0.3 is 0 Å². The Morgan fingerprint density at radius 2 is 1.86 bits per heavy atom. The van der Waals surface area contributed by atoms with Gasteiger partial charge in [-0.25, -0.2) is 0 Å². The van der Waals surface area contributed by atoms with Gasteiger partial charge in [-0.3, -0.25) is 9.89 Å². The summed E-state index contributed by atoms with van der Waals surface area (Å²) in [6, 6.07) is 10.7. The van der Waals surface area contributed by atoms with Gasteiger partial charge in [0.2, 0.25) is 0 Å². The molecule has 0 atom stereocenters. The molecule has 6 heteroatoms. The van der Waals surface area contributed by atoms with E-state index >= 15 is 0 Å². The van der Waals surface area contributed by atoms with Crippen LogP contribution in [0.3, 0.4) is 0 Å². The first-order valence-corrected chi connectivity index (χ1v) is 7.54. The predicted octanol–water partition coefficient (Wildman–Crippen LogP) is 1.64. The number of methoxy groups -OCH3 is 1. The van der Waals surface area contributed by atoms with Gasteiger partial charge in [0.1, 0.15) is 0 Å². The Labute approximate surface area is 150 Å². The van der Waals surface area contributed by atoms with Crippen LogP contribution >= 0.6 is 24.0 Å². The third-order valence-electron chi connectivity index (χ3n) is 3.72. The Morgan fingerprint density at radius 3 is 2.45 bits per heavy atom. The van der Waals surface area contributed by atoms with Crippen molar-refractivity contribution in [2.75, 3.05) is 53.5 Å². The third-order valence-corrected chi connectivity index (χ3v) is 3.72. The van der Waals surface area contributed by atoms with Crippen LogP contribution < -0.4 is 5.32 Å². The van der Waals surface area contributed by atoms with Crippen molar-refractivity contribution in [3.63, 3.8) is 0 Å². The van der Waals surface area contributed by atoms with Crippen LogP contribution in [-0.2, 0) is 11.3 Å². The molecule has 2 rings (SSSR count). The summed E-state index contributed by atoms with van der Waals surface area (Å²) >= 11 is 0. The average Bonchev–Trinajstić information content (AvgIpc) is 2.54. The summed E-state index contributed by atoms with van der Waals surface area (Å²) in [5.41, 5.74) is 1.38. The number of benzene rings is 1. The number of hydrogen-bond donors (Lipinski definition) is 1. The van der Waals surface area contributed by atoms with E-state index in [9.17, 15) is 0 Å². The van der Waals surface area contributed by atoms with Crippen LogP contribution in [0.2, 0.25) is 0 Å². The Morgan fingerprint density at radius 1 is 1.18 bits per heavy atom. The lowest BCUT2D eigenvalue weighted by atomic mass is 10.2. The molecule has 0 aliphatic carbocycles. The van der Waals surface area contributed by atoms with Crippen LogP contribution in [0.4, 0.5) is 0 Å². The van der Waals surface area contributed by atoms with Gasteiger partial charge in [0.15, 0.2) is 5.96 Å². The molecule has 5 nitrogen and oxygen atoms in total. The lowest BCUT2D eigenvalue weighted by Gasteiger charge is -2.36. The minimum atomic E-state index is 0. The number of hydrogen-bond acceptors (Lipinski definition) is 3. The van der Waals surface area contributed by atoms with E-state index in [1.54, 1.807) is 7.11 Å². The van der Waals surface area contributed by atoms with Gasteiger partial charge in [-0.2, -0.15) is 0 Å². The van der Waals surface area contributed by atoms with Crippen molar-refractivity contribution < 1.29 is 4.74 Å². The largest absolute Gasteiger partial charge is 0.383 e. The first-order valence-electron chi connectivity index (χ1n) is 7.54. The highest BCUT2D eigenvalue weighted by atomic mass is 127. The van der Waals surface area contributed by atoms with E-state index in [2.05, 4.69) is 50.4 Å². The predicted molar refractivity (Wildman–Crippen MR) is 102 cm³/mol. The topological polar surface area (TPSA) is 40.1 Å². The number of rotatable bonds is 5. The first kappa shape index (κ1) is 19.2. The summed E-state index contributed by atoms with van der Waals surface area (Å²) in [6.45, 7) is 6.70. The number of halogens is 1. The highest BCUT2D eigenvalue weighted by Gasteiger charge is 2.19. The molecule has 0 unspecified atom stereocenters. The number of aliphatic imine (C=N–C) groups is 1. The van der Waals surface area contributed by atoms with E-state index in [0.717, 1.165) is 45.2 Å². The van der Waals surface area contributed by atoms with Crippen LogP contribution in [-0.4, -0.2) is 69.2 Å². The standard InChI is InChI=1S/C16H26N4O.HI/c1-17-16(18-8-13-21-2)20-11-9-19(10-12-20)14-15-6-4-3-5-7-15;/h3-7H,8-14H2,1-2H3,(H,17,18);1H. The van der Waals surface area contributed by atoms with Crippen molar-refractivity contribution in [2.45, 2.75) is 6.54 Å². The normalized spacial score (nSPS) is 16.3. The Bertz CT molecular complexity index is 433. The zero-order valence-electron chi connectivity index (χ0n) is 13.5. The Balaban J connectivity index is 0.00000242. The van der Waals surface area contributed by atoms with Gasteiger partial charge in [0, 0.05) is 53.4 Å². The number of nitrogens with one attached hydrogen (secondary N) is 1. The van der Waals surface area contributed by atoms with E-state index < -0.39 is 0 Å². The summed E-state index contributed by atoms with van der Waals surface area (Å²) in [6.07, 6.45) is 0. The van der Waals surface area contributed by atoms with E-state index in [1.807, 2.05) is 7.05 Å². The van der Waals surface area contributed by atoms with Crippen molar-refractivity contribution in [2.24, 2.45) is 4.99 Å². The molecule has 0 aromatic heterocycles. The second kappa shape index (κ2) is 10.8. The molecule has 22 heavy (non-hydrogen) atoms. The summed E-state index contributed by atoms with van der Waals surface area (Å²) < 4.78 is 5.06. The molecule has 0 amide bonds. The highest BCUT2D eigenvalue weighted by molar-refractivity contribution is 14.0. The fourth-order valence-corrected chi connectivity index (χ4v) is 2.56. The van der Waals surface area contributed by atoms with Crippen LogP contribution in [0.5, 0.6) is 0 Å². The molecule has 124 valence electrons. The smallest absolute Gasteiger partial charge is 0.193 e. The molecule has 0 bridgehead atoms. The molecule has 1 aliphatic heterocycles. The molecule has 0 radical (unpaired) electrons. The van der Waals surface area contributed by atoms with Gasteiger partial charge in [-0.1, -0.05) is 30.3 Å². The molecular weight excluding hydrogens is 391 g/mol. The molecular formula is C16H27IN4O. The molecule has 1 N–H and O–H groups in total. The molecule has 0 saturated carbocycles. The minimum Gasteiger partial charge on any atom is -0.383 e. The van der Waals surface area contributed by atoms with Crippen LogP contribution in [0.15, 0.2) is 35.3 Å². The van der Waals surface area contributed by atoms with Gasteiger partial charge in [0.05, 0.1) is 6.61 Å². The molecule has 1 aromatic carbocycles. The lowest BCUT2D eigenvalue weighted by molar-refractivity contribution is 0.170. The summed E-state index contributed by atoms with van der Waals surface area (Å²) in [5, 5.41) is 3.34. The van der Waals surface area contributed by atoms with Crippen molar-refractivity contribution in [3.05, 3.63) is 35.9 Å². The number of guanidine groups is 1. The Kier molecular flexibility index (Phi) is 9.42. The maximum Gasteiger partial charge on any atom is 0.193 e. The van der Waals surface area contributed by atoms with Gasteiger partial charge in [-0.15, -0.1) is 24.0 Å². The molecule has 1 heterocycles. The SMILES string of the molecule is CN=C(NCCOC)N1CCN(Cc2ccccc2)CC1.I. The molecule has 1 aromatic rings. The zero-order valence-corrected chi connectivity index (χ0v) is 15.8. The molecule has 1 fully saturated rings. The monoisotopic (exact) mass is 418 g/mol. The highest BCUT2D eigenvalue weighted by Crippen LogP contribution is 2.08. The second-order valence-corrected chi connectivity index (χ2v) is 5.22. The van der Waals surface area contributed by atoms with Gasteiger partial charge in [0.25, 0.3) is 0 Å². The van der Waals surface area contributed by atoms with E-state index in [0.29, 0.717) is 6.61 Å². The first-order chi connectivity index (χ1) is 10.3. The third kappa shape index (κ3) is 6.10. The molecule has 0 spiro atoms. The van der Waals surface area contributed by atoms with Crippen LogP contribution in [0.1, 0.15) is 5.56 Å². The van der Waals surface area contributed by atoms with E-state index in [1.165, 1.54) is 5.56 Å². The lowest BCUT2D eigenvalue weighted by Crippen LogP contribution is -2.52. The van der Waals surface area contributed by atoms with Gasteiger partial charge in [-0.05, 0) is 5.56 Å². The zero-order chi connectivity index (χ0) is 14.9. The van der Waals surface area contributed by atoms with Crippen molar-refractivity contribution in [3.8, 4) is 0 Å². The second-order valence-electron chi connectivity index (χ2n) is 5.22. The maximum atomic E-state index is 5.06. The molecule has 1 aliphatic rings. The van der Waals surface area contributed by atoms with Crippen LogP contribution in [0.25, 0.3) is 0 Å². The summed E-state index contributed by atoms with van der Waals surface area (Å²) in [4.78, 5) is 9.16. The van der Waals surface area contributed by atoms with Crippen molar-refractivity contribution >= 4 is 29.9 Å². The number of ether oxygens (including phenoxy) is 1. The minimum absolute atomic E-state index is 0. The average molecular weight is 418 g/mol. The quantitative estimate of drug-likeness (QED) is 0.342. The number of piperazine rings is 1.